The Morgan fingerprint density at radius 2 is 2.00 bits per heavy atom. The molecule has 3 aromatic heterocycles. The third kappa shape index (κ3) is 4.40. The van der Waals surface area contributed by atoms with E-state index in [1.54, 1.807) is 12.7 Å². The van der Waals surface area contributed by atoms with Gasteiger partial charge >= 0.3 is 0 Å². The van der Waals surface area contributed by atoms with Crippen molar-refractivity contribution in [3.63, 3.8) is 0 Å². The molecule has 0 spiro atoms. The standard InChI is InChI=1S/C20H22N8.2ClH/c1-2-4-16(5-3-1)19(6-9-26-15-22-14-24-26)27-10-8-23-20(27)18-12-17-13-21-7-11-28(17)25-18;;/h1-5,8,10,12,14-15,19,21H,6-7,9,11,13H2;2*1H. The second-order valence-electron chi connectivity index (χ2n) is 6.95. The van der Waals surface area contributed by atoms with Crippen LogP contribution in [0.3, 0.4) is 0 Å². The third-order valence-electron chi connectivity index (χ3n) is 5.19. The molecule has 1 N–H and O–H groups in total. The molecule has 4 heterocycles. The Balaban J connectivity index is 0.00000128. The van der Waals surface area contributed by atoms with E-state index in [0.717, 1.165) is 44.1 Å². The van der Waals surface area contributed by atoms with E-state index >= 15 is 0 Å². The average Bonchev–Trinajstić information content (AvgIpc) is 3.49. The molecule has 5 rings (SSSR count). The van der Waals surface area contributed by atoms with Crippen LogP contribution in [0.2, 0.25) is 0 Å². The van der Waals surface area contributed by atoms with Crippen molar-refractivity contribution >= 4 is 24.8 Å². The van der Waals surface area contributed by atoms with E-state index in [2.05, 4.69) is 60.0 Å². The number of nitrogens with zero attached hydrogens (tertiary/aromatic N) is 7. The fourth-order valence-corrected chi connectivity index (χ4v) is 3.81. The molecule has 0 saturated carbocycles. The van der Waals surface area contributed by atoms with Crippen molar-refractivity contribution in [2.75, 3.05) is 6.54 Å². The van der Waals surface area contributed by atoms with Crippen LogP contribution in [0.15, 0.2) is 61.4 Å². The van der Waals surface area contributed by atoms with Gasteiger partial charge in [-0.2, -0.15) is 10.2 Å². The highest BCUT2D eigenvalue weighted by molar-refractivity contribution is 5.85. The van der Waals surface area contributed by atoms with Crippen LogP contribution < -0.4 is 5.32 Å². The summed E-state index contributed by atoms with van der Waals surface area (Å²) in [5.41, 5.74) is 3.37. The largest absolute Gasteiger partial charge is 0.322 e. The minimum Gasteiger partial charge on any atom is -0.322 e. The Morgan fingerprint density at radius 1 is 1.13 bits per heavy atom. The van der Waals surface area contributed by atoms with E-state index in [9.17, 15) is 0 Å². The SMILES string of the molecule is Cl.Cl.c1ccc(C(CCn2cncn2)n2ccnc2-c2cc3n(n2)CCNC3)cc1. The van der Waals surface area contributed by atoms with Gasteiger partial charge in [0.15, 0.2) is 5.82 Å². The van der Waals surface area contributed by atoms with Crippen molar-refractivity contribution < 1.29 is 0 Å². The molecular formula is C20H24Cl2N8. The van der Waals surface area contributed by atoms with Gasteiger partial charge in [0.05, 0.1) is 18.3 Å². The summed E-state index contributed by atoms with van der Waals surface area (Å²) in [4.78, 5) is 8.71. The maximum absolute atomic E-state index is 4.81. The Morgan fingerprint density at radius 3 is 2.77 bits per heavy atom. The van der Waals surface area contributed by atoms with E-state index in [0.29, 0.717) is 0 Å². The molecule has 1 atom stereocenters. The normalized spacial score (nSPS) is 13.7. The summed E-state index contributed by atoms with van der Waals surface area (Å²) in [6.07, 6.45) is 8.12. The predicted octanol–water partition coefficient (Wildman–Crippen LogP) is 2.96. The van der Waals surface area contributed by atoms with E-state index in [1.807, 2.05) is 23.1 Å². The van der Waals surface area contributed by atoms with Gasteiger partial charge in [0.25, 0.3) is 0 Å². The number of aryl methyl sites for hydroxylation is 1. The third-order valence-corrected chi connectivity index (χ3v) is 5.19. The number of benzene rings is 1. The highest BCUT2D eigenvalue weighted by Crippen LogP contribution is 2.28. The fraction of sp³-hybridized carbons (Fsp3) is 0.300. The Labute approximate surface area is 187 Å². The molecule has 158 valence electrons. The van der Waals surface area contributed by atoms with Gasteiger partial charge in [-0.15, -0.1) is 24.8 Å². The molecule has 0 amide bonds. The van der Waals surface area contributed by atoms with Crippen molar-refractivity contribution in [2.45, 2.75) is 32.1 Å². The quantitative estimate of drug-likeness (QED) is 0.492. The van der Waals surface area contributed by atoms with Crippen molar-refractivity contribution in [2.24, 2.45) is 0 Å². The lowest BCUT2D eigenvalue weighted by Gasteiger charge is -2.21. The first-order valence-electron chi connectivity index (χ1n) is 9.56. The van der Waals surface area contributed by atoms with Crippen molar-refractivity contribution in [1.82, 2.24) is 39.4 Å². The van der Waals surface area contributed by atoms with Crippen LogP contribution in [-0.2, 0) is 19.6 Å². The lowest BCUT2D eigenvalue weighted by molar-refractivity contribution is 0.468. The van der Waals surface area contributed by atoms with E-state index < -0.39 is 0 Å². The van der Waals surface area contributed by atoms with Crippen LogP contribution in [0.25, 0.3) is 11.5 Å². The molecule has 0 aliphatic carbocycles. The first-order chi connectivity index (χ1) is 13.9. The van der Waals surface area contributed by atoms with Gasteiger partial charge < -0.3 is 9.88 Å². The molecule has 0 saturated heterocycles. The number of imidazole rings is 1. The second kappa shape index (κ2) is 9.88. The van der Waals surface area contributed by atoms with Gasteiger partial charge in [0.1, 0.15) is 18.3 Å². The minimum atomic E-state index is 0. The average molecular weight is 447 g/mol. The van der Waals surface area contributed by atoms with E-state index in [-0.39, 0.29) is 30.9 Å². The van der Waals surface area contributed by atoms with Crippen LogP contribution in [0.1, 0.15) is 23.7 Å². The molecule has 8 nitrogen and oxygen atoms in total. The van der Waals surface area contributed by atoms with Crippen LogP contribution >= 0.6 is 24.8 Å². The Bertz CT molecular complexity index is 1020. The van der Waals surface area contributed by atoms with Crippen molar-refractivity contribution in [3.8, 4) is 11.5 Å². The van der Waals surface area contributed by atoms with Crippen molar-refractivity contribution in [3.05, 3.63) is 72.7 Å². The topological polar surface area (TPSA) is 78.4 Å². The molecule has 30 heavy (non-hydrogen) atoms. The molecule has 1 unspecified atom stereocenters. The second-order valence-corrected chi connectivity index (χ2v) is 6.95. The summed E-state index contributed by atoms with van der Waals surface area (Å²) >= 11 is 0. The molecule has 1 aliphatic heterocycles. The maximum Gasteiger partial charge on any atom is 0.161 e. The highest BCUT2D eigenvalue weighted by atomic mass is 35.5. The van der Waals surface area contributed by atoms with E-state index in [1.165, 1.54) is 11.3 Å². The van der Waals surface area contributed by atoms with Crippen LogP contribution in [0.4, 0.5) is 0 Å². The van der Waals surface area contributed by atoms with Gasteiger partial charge in [-0.1, -0.05) is 30.3 Å². The molecule has 0 bridgehead atoms. The number of nitrogens with one attached hydrogen (secondary N) is 1. The van der Waals surface area contributed by atoms with Crippen molar-refractivity contribution in [1.29, 1.82) is 0 Å². The summed E-state index contributed by atoms with van der Waals surface area (Å²) in [6.45, 7) is 3.47. The summed E-state index contributed by atoms with van der Waals surface area (Å²) in [7, 11) is 0. The number of hydrogen-bond acceptors (Lipinski definition) is 5. The highest BCUT2D eigenvalue weighted by Gasteiger charge is 2.21. The van der Waals surface area contributed by atoms with Gasteiger partial charge in [-0.05, 0) is 18.1 Å². The molecule has 1 aromatic carbocycles. The minimum absolute atomic E-state index is 0. The molecular weight excluding hydrogens is 423 g/mol. The summed E-state index contributed by atoms with van der Waals surface area (Å²) in [5, 5.41) is 12.4. The first-order valence-corrected chi connectivity index (χ1v) is 9.56. The molecule has 4 aromatic rings. The molecule has 1 aliphatic rings. The van der Waals surface area contributed by atoms with Gasteiger partial charge in [0, 0.05) is 32.0 Å². The first kappa shape index (κ1) is 22.0. The van der Waals surface area contributed by atoms with Gasteiger partial charge in [0.2, 0.25) is 0 Å². The van der Waals surface area contributed by atoms with Gasteiger partial charge in [-0.3, -0.25) is 9.36 Å². The van der Waals surface area contributed by atoms with Crippen LogP contribution in [0.5, 0.6) is 0 Å². The number of fused-ring (bicyclic) bond motifs is 1. The fourth-order valence-electron chi connectivity index (χ4n) is 3.81. The molecule has 10 heteroatoms. The summed E-state index contributed by atoms with van der Waals surface area (Å²) in [6, 6.07) is 12.8. The smallest absolute Gasteiger partial charge is 0.161 e. The van der Waals surface area contributed by atoms with Gasteiger partial charge in [-0.25, -0.2) is 9.97 Å². The zero-order valence-electron chi connectivity index (χ0n) is 16.3. The zero-order chi connectivity index (χ0) is 18.8. The Hall–Kier alpha value is -2.68. The Kier molecular flexibility index (Phi) is 7.25. The number of rotatable bonds is 6. The monoisotopic (exact) mass is 446 g/mol. The molecule has 0 fully saturated rings. The lowest BCUT2D eigenvalue weighted by atomic mass is 10.0. The number of halogens is 2. The molecule has 0 radical (unpaired) electrons. The number of hydrogen-bond donors (Lipinski definition) is 1. The lowest BCUT2D eigenvalue weighted by Crippen LogP contribution is -2.28. The predicted molar refractivity (Wildman–Crippen MR) is 119 cm³/mol. The zero-order valence-corrected chi connectivity index (χ0v) is 18.0. The number of aromatic nitrogens is 7. The summed E-state index contributed by atoms with van der Waals surface area (Å²) < 4.78 is 6.18. The van der Waals surface area contributed by atoms with E-state index in [4.69, 9.17) is 5.10 Å². The maximum atomic E-state index is 4.81. The van der Waals surface area contributed by atoms with Crippen LogP contribution in [0, 0.1) is 0 Å². The summed E-state index contributed by atoms with van der Waals surface area (Å²) in [5.74, 6) is 0.898. The van der Waals surface area contributed by atoms with Crippen LogP contribution in [-0.4, -0.2) is 40.6 Å².